The van der Waals surface area contributed by atoms with Crippen LogP contribution in [0.3, 0.4) is 0 Å². The Bertz CT molecular complexity index is 301. The molecule has 0 aromatic rings. The summed E-state index contributed by atoms with van der Waals surface area (Å²) in [6.45, 7) is 5.39. The molecule has 0 aromatic carbocycles. The van der Waals surface area contributed by atoms with Gasteiger partial charge in [-0.25, -0.2) is 0 Å². The fourth-order valence-electron chi connectivity index (χ4n) is 3.32. The molecule has 1 heterocycles. The van der Waals surface area contributed by atoms with E-state index in [1.165, 1.54) is 0 Å². The molecule has 98 valence electrons. The Morgan fingerprint density at radius 2 is 2.24 bits per heavy atom. The molecule has 1 aliphatic carbocycles. The van der Waals surface area contributed by atoms with E-state index < -0.39 is 11.0 Å². The highest BCUT2D eigenvalue weighted by Gasteiger charge is 2.60. The van der Waals surface area contributed by atoms with Gasteiger partial charge in [-0.05, 0) is 25.7 Å². The molecule has 2 unspecified atom stereocenters. The number of hydrogen-bond acceptors (Lipinski definition) is 4. The molecular weight excluding hydrogens is 218 g/mol. The molecule has 0 aromatic heterocycles. The van der Waals surface area contributed by atoms with Crippen LogP contribution in [0.15, 0.2) is 0 Å². The van der Waals surface area contributed by atoms with Crippen molar-refractivity contribution in [3.63, 3.8) is 0 Å². The van der Waals surface area contributed by atoms with Gasteiger partial charge in [0.25, 0.3) is 0 Å². The van der Waals surface area contributed by atoms with Crippen LogP contribution in [0.2, 0.25) is 0 Å². The summed E-state index contributed by atoms with van der Waals surface area (Å²) in [5.74, 6) is 0.285. The SMILES string of the molecule is CCOC(=O)C1(C2(O)CNC2)CCCC(C)C1. The summed E-state index contributed by atoms with van der Waals surface area (Å²) in [5.41, 5.74) is -1.57. The van der Waals surface area contributed by atoms with Crippen molar-refractivity contribution >= 4 is 5.97 Å². The molecule has 0 spiro atoms. The molecule has 0 bridgehead atoms. The third-order valence-corrected chi connectivity index (χ3v) is 4.39. The van der Waals surface area contributed by atoms with Crippen molar-refractivity contribution in [3.05, 3.63) is 0 Å². The first-order valence-electron chi connectivity index (χ1n) is 6.64. The Hall–Kier alpha value is -0.610. The molecule has 4 heteroatoms. The number of aliphatic hydroxyl groups is 1. The van der Waals surface area contributed by atoms with Crippen LogP contribution in [0, 0.1) is 11.3 Å². The first-order valence-corrected chi connectivity index (χ1v) is 6.64. The van der Waals surface area contributed by atoms with E-state index in [2.05, 4.69) is 12.2 Å². The Kier molecular flexibility index (Phi) is 3.46. The topological polar surface area (TPSA) is 58.6 Å². The lowest BCUT2D eigenvalue weighted by atomic mass is 9.58. The van der Waals surface area contributed by atoms with E-state index >= 15 is 0 Å². The van der Waals surface area contributed by atoms with Gasteiger partial charge in [-0.2, -0.15) is 0 Å². The van der Waals surface area contributed by atoms with Gasteiger partial charge in [0.1, 0.15) is 5.60 Å². The Balaban J connectivity index is 2.24. The molecule has 1 saturated carbocycles. The predicted molar refractivity (Wildman–Crippen MR) is 64.5 cm³/mol. The Labute approximate surface area is 103 Å². The van der Waals surface area contributed by atoms with Crippen LogP contribution >= 0.6 is 0 Å². The van der Waals surface area contributed by atoms with E-state index in [-0.39, 0.29) is 5.97 Å². The number of rotatable bonds is 3. The van der Waals surface area contributed by atoms with Gasteiger partial charge in [-0.1, -0.05) is 19.8 Å². The Morgan fingerprint density at radius 3 is 2.71 bits per heavy atom. The van der Waals surface area contributed by atoms with E-state index in [1.54, 1.807) is 0 Å². The average Bonchev–Trinajstić information content (AvgIpc) is 2.26. The zero-order valence-corrected chi connectivity index (χ0v) is 10.8. The van der Waals surface area contributed by atoms with Crippen LogP contribution in [-0.2, 0) is 9.53 Å². The molecular formula is C13H23NO3. The molecule has 1 aliphatic heterocycles. The minimum atomic E-state index is -0.895. The zero-order chi connectivity index (χ0) is 12.5. The standard InChI is InChI=1S/C13H23NO3/c1-3-17-11(15)12(13(16)8-14-9-13)6-4-5-10(2)7-12/h10,14,16H,3-9H2,1-2H3. The van der Waals surface area contributed by atoms with Gasteiger partial charge in [0.05, 0.1) is 12.0 Å². The van der Waals surface area contributed by atoms with Crippen LogP contribution in [0.25, 0.3) is 0 Å². The summed E-state index contributed by atoms with van der Waals surface area (Å²) in [5, 5.41) is 13.7. The van der Waals surface area contributed by atoms with Crippen molar-refractivity contribution in [1.82, 2.24) is 5.32 Å². The molecule has 2 N–H and O–H groups in total. The van der Waals surface area contributed by atoms with Gasteiger partial charge in [-0.3, -0.25) is 4.79 Å². The minimum absolute atomic E-state index is 0.199. The maximum Gasteiger partial charge on any atom is 0.315 e. The summed E-state index contributed by atoms with van der Waals surface area (Å²) in [7, 11) is 0. The highest BCUT2D eigenvalue weighted by atomic mass is 16.5. The van der Waals surface area contributed by atoms with Gasteiger partial charge >= 0.3 is 5.97 Å². The van der Waals surface area contributed by atoms with Gasteiger partial charge in [0, 0.05) is 13.1 Å². The van der Waals surface area contributed by atoms with Gasteiger partial charge in [0.15, 0.2) is 0 Å². The van der Waals surface area contributed by atoms with Crippen molar-refractivity contribution in [3.8, 4) is 0 Å². The largest absolute Gasteiger partial charge is 0.465 e. The van der Waals surface area contributed by atoms with Crippen molar-refractivity contribution in [2.45, 2.75) is 45.1 Å². The summed E-state index contributed by atoms with van der Waals surface area (Å²) in [4.78, 5) is 12.3. The molecule has 0 radical (unpaired) electrons. The van der Waals surface area contributed by atoms with Crippen molar-refractivity contribution in [1.29, 1.82) is 0 Å². The monoisotopic (exact) mass is 241 g/mol. The number of hydrogen-bond donors (Lipinski definition) is 2. The van der Waals surface area contributed by atoms with E-state index in [0.717, 1.165) is 25.7 Å². The lowest BCUT2D eigenvalue weighted by Gasteiger charge is -2.53. The second kappa shape index (κ2) is 4.58. The number of carbonyl (C=O) groups is 1. The van der Waals surface area contributed by atoms with Gasteiger partial charge in [-0.15, -0.1) is 0 Å². The maximum absolute atomic E-state index is 12.3. The highest BCUT2D eigenvalue weighted by molar-refractivity contribution is 5.79. The first kappa shape index (κ1) is 12.8. The quantitative estimate of drug-likeness (QED) is 0.726. The number of nitrogens with one attached hydrogen (secondary N) is 1. The maximum atomic E-state index is 12.3. The lowest BCUT2D eigenvalue weighted by molar-refractivity contribution is -0.192. The minimum Gasteiger partial charge on any atom is -0.465 e. The van der Waals surface area contributed by atoms with E-state index in [1.807, 2.05) is 6.92 Å². The molecule has 17 heavy (non-hydrogen) atoms. The molecule has 2 fully saturated rings. The van der Waals surface area contributed by atoms with Gasteiger partial charge < -0.3 is 15.2 Å². The van der Waals surface area contributed by atoms with Crippen molar-refractivity contribution in [2.24, 2.45) is 11.3 Å². The van der Waals surface area contributed by atoms with E-state index in [4.69, 9.17) is 4.74 Å². The zero-order valence-electron chi connectivity index (χ0n) is 10.8. The highest BCUT2D eigenvalue weighted by Crippen LogP contribution is 2.49. The third-order valence-electron chi connectivity index (χ3n) is 4.39. The smallest absolute Gasteiger partial charge is 0.315 e. The first-order chi connectivity index (χ1) is 8.04. The molecule has 2 rings (SSSR count). The van der Waals surface area contributed by atoms with Crippen LogP contribution in [-0.4, -0.2) is 36.4 Å². The fraction of sp³-hybridized carbons (Fsp3) is 0.923. The van der Waals surface area contributed by atoms with Crippen LogP contribution in [0.5, 0.6) is 0 Å². The summed E-state index contributed by atoms with van der Waals surface area (Å²) >= 11 is 0. The summed E-state index contributed by atoms with van der Waals surface area (Å²) in [6.07, 6.45) is 3.66. The molecule has 0 amide bonds. The normalized spacial score (nSPS) is 36.1. The molecule has 2 atom stereocenters. The number of β-amino-alcohol motifs (C(OH)–C–C–N with tert-alkyl or cyclic N) is 1. The van der Waals surface area contributed by atoms with Crippen molar-refractivity contribution in [2.75, 3.05) is 19.7 Å². The Morgan fingerprint density at radius 1 is 1.53 bits per heavy atom. The van der Waals surface area contributed by atoms with E-state index in [0.29, 0.717) is 25.6 Å². The molecule has 2 aliphatic rings. The van der Waals surface area contributed by atoms with Crippen LogP contribution in [0.1, 0.15) is 39.5 Å². The number of carbonyl (C=O) groups excluding carboxylic acids is 1. The number of ether oxygens (including phenoxy) is 1. The van der Waals surface area contributed by atoms with E-state index in [9.17, 15) is 9.90 Å². The van der Waals surface area contributed by atoms with Gasteiger partial charge in [0.2, 0.25) is 0 Å². The second-order valence-electron chi connectivity index (χ2n) is 5.64. The third kappa shape index (κ3) is 1.97. The summed E-state index contributed by atoms with van der Waals surface area (Å²) in [6, 6.07) is 0. The lowest BCUT2D eigenvalue weighted by Crippen LogP contribution is -2.71. The van der Waals surface area contributed by atoms with Crippen LogP contribution < -0.4 is 5.32 Å². The molecule has 1 saturated heterocycles. The predicted octanol–water partition coefficient (Wildman–Crippen LogP) is 1.08. The second-order valence-corrected chi connectivity index (χ2v) is 5.64. The van der Waals surface area contributed by atoms with Crippen LogP contribution in [0.4, 0.5) is 0 Å². The molecule has 4 nitrogen and oxygen atoms in total. The fourth-order valence-corrected chi connectivity index (χ4v) is 3.32. The number of esters is 1. The van der Waals surface area contributed by atoms with Crippen molar-refractivity contribution < 1.29 is 14.6 Å². The average molecular weight is 241 g/mol. The summed E-state index contributed by atoms with van der Waals surface area (Å²) < 4.78 is 5.23.